The number of ether oxygens (including phenoxy) is 4. The lowest BCUT2D eigenvalue weighted by molar-refractivity contribution is -0.169. The highest BCUT2D eigenvalue weighted by Crippen LogP contribution is 2.30. The van der Waals surface area contributed by atoms with Crippen LogP contribution in [-0.2, 0) is 40.2 Å². The lowest BCUT2D eigenvalue weighted by Gasteiger charge is -2.28. The lowest BCUT2D eigenvalue weighted by atomic mass is 9.98. The van der Waals surface area contributed by atoms with E-state index in [0.29, 0.717) is 17.5 Å². The second kappa shape index (κ2) is 16.0. The molecule has 3 aromatic rings. The molecular weight excluding hydrogens is 616 g/mol. The van der Waals surface area contributed by atoms with Gasteiger partial charge in [0, 0.05) is 38.3 Å². The van der Waals surface area contributed by atoms with Crippen molar-refractivity contribution in [2.45, 2.75) is 77.2 Å². The molecule has 1 unspecified atom stereocenters. The van der Waals surface area contributed by atoms with Gasteiger partial charge in [0.1, 0.15) is 16.2 Å². The zero-order valence-electron chi connectivity index (χ0n) is 26.9. The highest BCUT2D eigenvalue weighted by atomic mass is 32.2. The fraction of sp³-hybridized carbons (Fsp3) is 0.424. The Kier molecular flexibility index (Phi) is 12.7. The molecule has 0 fully saturated rings. The van der Waals surface area contributed by atoms with Gasteiger partial charge in [-0.1, -0.05) is 30.3 Å². The van der Waals surface area contributed by atoms with Crippen molar-refractivity contribution in [2.24, 2.45) is 0 Å². The number of rotatable bonds is 16. The number of hydrogen-bond acceptors (Lipinski definition) is 9. The van der Waals surface area contributed by atoms with E-state index in [1.54, 1.807) is 58.9 Å². The molecule has 0 saturated heterocycles. The number of amides is 1. The molecule has 0 aliphatic rings. The molecule has 3 rings (SSSR count). The van der Waals surface area contributed by atoms with Gasteiger partial charge >= 0.3 is 11.9 Å². The second-order valence-corrected chi connectivity index (χ2v) is 13.0. The van der Waals surface area contributed by atoms with Crippen LogP contribution in [0.2, 0.25) is 0 Å². The molecule has 0 aliphatic carbocycles. The molecule has 0 bridgehead atoms. The van der Waals surface area contributed by atoms with Gasteiger partial charge in [0.25, 0.3) is 0 Å². The van der Waals surface area contributed by atoms with Gasteiger partial charge in [-0.25, -0.2) is 17.9 Å². The van der Waals surface area contributed by atoms with Crippen molar-refractivity contribution >= 4 is 44.3 Å². The minimum absolute atomic E-state index is 0.0182. The maximum Gasteiger partial charge on any atom is 0.336 e. The minimum atomic E-state index is -4.37. The van der Waals surface area contributed by atoms with Gasteiger partial charge in [0.2, 0.25) is 15.9 Å². The molecular formula is C33H42N2O10S. The Bertz CT molecular complexity index is 1640. The van der Waals surface area contributed by atoms with Gasteiger partial charge in [-0.15, -0.1) is 0 Å². The smallest absolute Gasteiger partial charge is 0.336 e. The quantitative estimate of drug-likeness (QED) is 0.142. The van der Waals surface area contributed by atoms with Crippen molar-refractivity contribution < 1.29 is 46.9 Å². The van der Waals surface area contributed by atoms with Crippen LogP contribution in [0.4, 0.5) is 5.69 Å². The predicted molar refractivity (Wildman–Crippen MR) is 172 cm³/mol. The maximum absolute atomic E-state index is 13.9. The van der Waals surface area contributed by atoms with Crippen molar-refractivity contribution in [3.63, 3.8) is 0 Å². The molecule has 12 nitrogen and oxygen atoms in total. The fourth-order valence-corrected chi connectivity index (χ4v) is 6.14. The van der Waals surface area contributed by atoms with E-state index in [1.807, 2.05) is 6.07 Å². The second-order valence-electron chi connectivity index (χ2n) is 11.4. The summed E-state index contributed by atoms with van der Waals surface area (Å²) in [6, 6.07) is 13.3. The van der Waals surface area contributed by atoms with E-state index in [4.69, 9.17) is 18.9 Å². The van der Waals surface area contributed by atoms with Crippen LogP contribution in [0.25, 0.3) is 10.8 Å². The number of sulfonamides is 1. The summed E-state index contributed by atoms with van der Waals surface area (Å²) in [5, 5.41) is 13.5. The van der Waals surface area contributed by atoms with Crippen LogP contribution in [0.1, 0.15) is 63.9 Å². The molecule has 250 valence electrons. The summed E-state index contributed by atoms with van der Waals surface area (Å²) in [4.78, 5) is 36.0. The molecule has 1 atom stereocenters. The largest absolute Gasteiger partial charge is 0.492 e. The minimum Gasteiger partial charge on any atom is -0.492 e. The summed E-state index contributed by atoms with van der Waals surface area (Å²) in [5.74, 6) is -2.11. The number of carbonyl (C=O) groups excluding carboxylic acids is 2. The summed E-state index contributed by atoms with van der Waals surface area (Å²) in [5.41, 5.74) is 0.480. The van der Waals surface area contributed by atoms with Crippen molar-refractivity contribution in [2.75, 3.05) is 25.1 Å². The number of benzene rings is 3. The number of anilines is 1. The molecule has 0 heterocycles. The standard InChI is InChI=1S/C33H42N2O10S/c1-7-42-32(43-8-2)27(20-30(37)45-33(4,5)6)35-46(40,41)29-16-14-23(34-21(3)36)19-28(29)44-18-17-22-13-15-26(31(38)39)25-12-10-9-11-24(22)25/h9-16,19,27,32,35H,7-8,17-18,20H2,1-6H3,(H,34,36)(H,38,39). The van der Waals surface area contributed by atoms with E-state index in [0.717, 1.165) is 10.9 Å². The molecule has 0 radical (unpaired) electrons. The van der Waals surface area contributed by atoms with Crippen LogP contribution in [0, 0.1) is 0 Å². The average Bonchev–Trinajstić information content (AvgIpc) is 2.95. The first-order valence-electron chi connectivity index (χ1n) is 14.9. The average molecular weight is 659 g/mol. The number of fused-ring (bicyclic) bond motifs is 1. The molecule has 0 aliphatic heterocycles. The first-order valence-corrected chi connectivity index (χ1v) is 16.4. The highest BCUT2D eigenvalue weighted by molar-refractivity contribution is 7.89. The van der Waals surface area contributed by atoms with Crippen LogP contribution < -0.4 is 14.8 Å². The van der Waals surface area contributed by atoms with E-state index < -0.39 is 39.9 Å². The third-order valence-electron chi connectivity index (χ3n) is 6.53. The van der Waals surface area contributed by atoms with Gasteiger partial charge in [-0.2, -0.15) is 0 Å². The van der Waals surface area contributed by atoms with E-state index in [-0.39, 0.29) is 48.4 Å². The number of carboxylic acids is 1. The highest BCUT2D eigenvalue weighted by Gasteiger charge is 2.33. The van der Waals surface area contributed by atoms with Crippen molar-refractivity contribution in [1.29, 1.82) is 0 Å². The number of hydrogen-bond donors (Lipinski definition) is 3. The Morgan fingerprint density at radius 2 is 1.59 bits per heavy atom. The number of nitrogens with one attached hydrogen (secondary N) is 2. The number of aromatic carboxylic acids is 1. The van der Waals surface area contributed by atoms with Crippen LogP contribution in [-0.4, -0.2) is 69.1 Å². The summed E-state index contributed by atoms with van der Waals surface area (Å²) >= 11 is 0. The summed E-state index contributed by atoms with van der Waals surface area (Å²) < 4.78 is 53.1. The first-order chi connectivity index (χ1) is 21.6. The number of carbonyl (C=O) groups is 3. The number of esters is 1. The van der Waals surface area contributed by atoms with Gasteiger partial charge < -0.3 is 29.4 Å². The third-order valence-corrected chi connectivity index (χ3v) is 8.06. The lowest BCUT2D eigenvalue weighted by Crippen LogP contribution is -2.47. The first kappa shape index (κ1) is 36.4. The Labute approximate surface area is 269 Å². The SMILES string of the molecule is CCOC(OCC)C(CC(=O)OC(C)(C)C)NS(=O)(=O)c1ccc(NC(C)=O)cc1OCCc1ccc(C(=O)O)c2ccccc12. The van der Waals surface area contributed by atoms with Crippen molar-refractivity contribution in [3.05, 3.63) is 65.7 Å². The van der Waals surface area contributed by atoms with E-state index in [9.17, 15) is 27.9 Å². The van der Waals surface area contributed by atoms with E-state index in [1.165, 1.54) is 31.2 Å². The molecule has 3 aromatic carbocycles. The Morgan fingerprint density at radius 1 is 0.935 bits per heavy atom. The monoisotopic (exact) mass is 658 g/mol. The van der Waals surface area contributed by atoms with Crippen molar-refractivity contribution in [1.82, 2.24) is 4.72 Å². The van der Waals surface area contributed by atoms with Gasteiger partial charge in [-0.3, -0.25) is 9.59 Å². The number of carboxylic acid groups (broad SMARTS) is 1. The molecule has 0 spiro atoms. The summed E-state index contributed by atoms with van der Waals surface area (Å²) in [7, 11) is -4.37. The Balaban J connectivity index is 1.95. The van der Waals surface area contributed by atoms with Gasteiger partial charge in [-0.05, 0) is 69.2 Å². The Morgan fingerprint density at radius 3 is 2.17 bits per heavy atom. The molecule has 0 aromatic heterocycles. The van der Waals surface area contributed by atoms with Gasteiger partial charge in [0.15, 0.2) is 6.29 Å². The van der Waals surface area contributed by atoms with Crippen LogP contribution in [0.5, 0.6) is 5.75 Å². The van der Waals surface area contributed by atoms with Crippen molar-refractivity contribution in [3.8, 4) is 5.75 Å². The van der Waals surface area contributed by atoms with Gasteiger partial charge in [0.05, 0.1) is 24.6 Å². The fourth-order valence-electron chi connectivity index (χ4n) is 4.79. The van der Waals surface area contributed by atoms with E-state index >= 15 is 0 Å². The Hall–Kier alpha value is -4.04. The molecule has 1 amide bonds. The molecule has 3 N–H and O–H groups in total. The zero-order valence-corrected chi connectivity index (χ0v) is 27.7. The maximum atomic E-state index is 13.9. The summed E-state index contributed by atoms with van der Waals surface area (Å²) in [6.45, 7) is 10.3. The van der Waals surface area contributed by atoms with E-state index in [2.05, 4.69) is 10.0 Å². The zero-order chi connectivity index (χ0) is 34.1. The van der Waals surface area contributed by atoms with Crippen LogP contribution in [0.15, 0.2) is 59.5 Å². The molecule has 13 heteroatoms. The van der Waals surface area contributed by atoms with Crippen LogP contribution in [0.3, 0.4) is 0 Å². The summed E-state index contributed by atoms with van der Waals surface area (Å²) in [6.07, 6.45) is -1.15. The molecule has 46 heavy (non-hydrogen) atoms. The van der Waals surface area contributed by atoms with Crippen LogP contribution >= 0.6 is 0 Å². The molecule has 0 saturated carbocycles. The topological polar surface area (TPSA) is 167 Å². The third kappa shape index (κ3) is 10.2. The normalized spacial score (nSPS) is 12.6. The predicted octanol–water partition coefficient (Wildman–Crippen LogP) is 4.90.